The van der Waals surface area contributed by atoms with Crippen LogP contribution in [0.4, 0.5) is 0 Å². The van der Waals surface area contributed by atoms with Gasteiger partial charge in [-0.15, -0.1) is 0 Å². The Morgan fingerprint density at radius 1 is 1.31 bits per heavy atom. The molecule has 0 unspecified atom stereocenters. The summed E-state index contributed by atoms with van der Waals surface area (Å²) in [5.41, 5.74) is 0. The molecule has 1 saturated carbocycles. The highest BCUT2D eigenvalue weighted by molar-refractivity contribution is 7.89. The van der Waals surface area contributed by atoms with Crippen LogP contribution in [0.15, 0.2) is 0 Å². The van der Waals surface area contributed by atoms with E-state index in [2.05, 4.69) is 17.0 Å². The van der Waals surface area contributed by atoms with Crippen molar-refractivity contribution in [3.63, 3.8) is 0 Å². The van der Waals surface area contributed by atoms with E-state index in [0.29, 0.717) is 6.54 Å². The first-order chi connectivity index (χ1) is 6.14. The average Bonchev–Trinajstić information content (AvgIpc) is 2.81. The van der Waals surface area contributed by atoms with E-state index in [-0.39, 0.29) is 11.8 Å². The van der Waals surface area contributed by atoms with Gasteiger partial charge in [-0.2, -0.15) is 0 Å². The van der Waals surface area contributed by atoms with Gasteiger partial charge in [-0.25, -0.2) is 13.1 Å². The lowest BCUT2D eigenvalue weighted by molar-refractivity contribution is 0.575. The van der Waals surface area contributed by atoms with Crippen molar-refractivity contribution >= 4 is 10.0 Å². The van der Waals surface area contributed by atoms with Crippen molar-refractivity contribution in [2.45, 2.75) is 32.2 Å². The normalized spacial score (nSPS) is 17.6. The fourth-order valence-corrected chi connectivity index (χ4v) is 2.30. The first-order valence-corrected chi connectivity index (χ1v) is 6.50. The fraction of sp³-hybridized carbons (Fsp3) is 1.00. The second-order valence-corrected chi connectivity index (χ2v) is 5.33. The first kappa shape index (κ1) is 10.9. The molecule has 0 aromatic heterocycles. The van der Waals surface area contributed by atoms with Gasteiger partial charge in [0.25, 0.3) is 0 Å². The standard InChI is InChI=1S/C8H18N2O2S/c1-2-5-9-6-7-13(11,12)10-8-3-4-8/h8-10H,2-7H2,1H3. The van der Waals surface area contributed by atoms with Crippen molar-refractivity contribution in [3.05, 3.63) is 0 Å². The number of hydrogen-bond donors (Lipinski definition) is 2. The van der Waals surface area contributed by atoms with Crippen LogP contribution in [0.3, 0.4) is 0 Å². The van der Waals surface area contributed by atoms with Crippen LogP contribution in [0.5, 0.6) is 0 Å². The summed E-state index contributed by atoms with van der Waals surface area (Å²) in [5, 5.41) is 3.07. The van der Waals surface area contributed by atoms with Crippen molar-refractivity contribution < 1.29 is 8.42 Å². The minimum Gasteiger partial charge on any atom is -0.316 e. The molecule has 1 fully saturated rings. The quantitative estimate of drug-likeness (QED) is 0.579. The van der Waals surface area contributed by atoms with E-state index in [1.807, 2.05) is 0 Å². The summed E-state index contributed by atoms with van der Waals surface area (Å²) in [6, 6.07) is 0.233. The van der Waals surface area contributed by atoms with Crippen LogP contribution in [0.2, 0.25) is 0 Å². The van der Waals surface area contributed by atoms with Gasteiger partial charge in [-0.3, -0.25) is 0 Å². The van der Waals surface area contributed by atoms with Gasteiger partial charge in [-0.05, 0) is 25.8 Å². The van der Waals surface area contributed by atoms with E-state index < -0.39 is 10.0 Å². The maximum atomic E-state index is 11.3. The molecule has 0 radical (unpaired) electrons. The van der Waals surface area contributed by atoms with Crippen LogP contribution in [0.1, 0.15) is 26.2 Å². The number of hydrogen-bond acceptors (Lipinski definition) is 3. The van der Waals surface area contributed by atoms with E-state index in [0.717, 1.165) is 25.8 Å². The molecule has 0 aliphatic heterocycles. The van der Waals surface area contributed by atoms with Gasteiger partial charge < -0.3 is 5.32 Å². The number of sulfonamides is 1. The Balaban J connectivity index is 2.10. The highest BCUT2D eigenvalue weighted by Gasteiger charge is 2.26. The number of rotatable bonds is 7. The van der Waals surface area contributed by atoms with E-state index in [9.17, 15) is 8.42 Å². The van der Waals surface area contributed by atoms with Crippen molar-refractivity contribution in [1.29, 1.82) is 0 Å². The third-order valence-electron chi connectivity index (χ3n) is 1.90. The molecule has 0 amide bonds. The smallest absolute Gasteiger partial charge is 0.213 e. The van der Waals surface area contributed by atoms with E-state index >= 15 is 0 Å². The van der Waals surface area contributed by atoms with Crippen molar-refractivity contribution in [1.82, 2.24) is 10.0 Å². The molecule has 0 atom stereocenters. The molecule has 1 rings (SSSR count). The maximum Gasteiger partial charge on any atom is 0.213 e. The van der Waals surface area contributed by atoms with Gasteiger partial charge in [0.05, 0.1) is 5.75 Å². The molecule has 0 aromatic rings. The molecule has 2 N–H and O–H groups in total. The lowest BCUT2D eigenvalue weighted by atomic mass is 10.5. The van der Waals surface area contributed by atoms with Crippen LogP contribution in [-0.4, -0.2) is 33.3 Å². The predicted molar refractivity (Wildman–Crippen MR) is 53.1 cm³/mol. The summed E-state index contributed by atoms with van der Waals surface area (Å²) in [6.45, 7) is 3.50. The van der Waals surface area contributed by atoms with Gasteiger partial charge in [0.1, 0.15) is 0 Å². The second kappa shape index (κ2) is 4.93. The molecule has 1 aliphatic carbocycles. The highest BCUT2D eigenvalue weighted by atomic mass is 32.2. The number of nitrogens with one attached hydrogen (secondary N) is 2. The Kier molecular flexibility index (Phi) is 4.15. The van der Waals surface area contributed by atoms with Gasteiger partial charge in [-0.1, -0.05) is 6.92 Å². The molecule has 1 aliphatic rings. The zero-order valence-corrected chi connectivity index (χ0v) is 8.86. The van der Waals surface area contributed by atoms with E-state index in [1.54, 1.807) is 0 Å². The summed E-state index contributed by atoms with van der Waals surface area (Å²) in [5.74, 6) is 0.198. The zero-order valence-electron chi connectivity index (χ0n) is 8.04. The minimum atomic E-state index is -3.01. The van der Waals surface area contributed by atoms with Crippen LogP contribution < -0.4 is 10.0 Å². The molecule has 5 heteroatoms. The van der Waals surface area contributed by atoms with Crippen molar-refractivity contribution in [2.75, 3.05) is 18.8 Å². The summed E-state index contributed by atoms with van der Waals surface area (Å²) in [4.78, 5) is 0. The van der Waals surface area contributed by atoms with Crippen LogP contribution in [0.25, 0.3) is 0 Å². The Hall–Kier alpha value is -0.130. The maximum absolute atomic E-state index is 11.3. The molecule has 0 spiro atoms. The molecule has 0 heterocycles. The van der Waals surface area contributed by atoms with Crippen LogP contribution in [0, 0.1) is 0 Å². The lowest BCUT2D eigenvalue weighted by Gasteiger charge is -2.05. The van der Waals surface area contributed by atoms with Gasteiger partial charge in [0, 0.05) is 12.6 Å². The Morgan fingerprint density at radius 2 is 2.00 bits per heavy atom. The highest BCUT2D eigenvalue weighted by Crippen LogP contribution is 2.19. The largest absolute Gasteiger partial charge is 0.316 e. The molecule has 78 valence electrons. The molecule has 0 bridgehead atoms. The lowest BCUT2D eigenvalue weighted by Crippen LogP contribution is -2.33. The topological polar surface area (TPSA) is 58.2 Å². The average molecular weight is 206 g/mol. The summed E-state index contributed by atoms with van der Waals surface area (Å²) in [7, 11) is -3.01. The van der Waals surface area contributed by atoms with E-state index in [4.69, 9.17) is 0 Å². The summed E-state index contributed by atoms with van der Waals surface area (Å²) in [6.07, 6.45) is 3.04. The minimum absolute atomic E-state index is 0.198. The Morgan fingerprint density at radius 3 is 2.54 bits per heavy atom. The molecular weight excluding hydrogens is 188 g/mol. The van der Waals surface area contributed by atoms with Crippen LogP contribution in [-0.2, 0) is 10.0 Å². The van der Waals surface area contributed by atoms with Crippen molar-refractivity contribution in [2.24, 2.45) is 0 Å². The fourth-order valence-electron chi connectivity index (χ4n) is 1.02. The predicted octanol–water partition coefficient (Wildman–Crippen LogP) is 0.0678. The van der Waals surface area contributed by atoms with Crippen molar-refractivity contribution in [3.8, 4) is 0 Å². The third-order valence-corrected chi connectivity index (χ3v) is 3.33. The first-order valence-electron chi connectivity index (χ1n) is 4.85. The Labute approximate surface area is 80.1 Å². The monoisotopic (exact) mass is 206 g/mol. The zero-order chi connectivity index (χ0) is 9.73. The molecule has 0 saturated heterocycles. The molecule has 13 heavy (non-hydrogen) atoms. The second-order valence-electron chi connectivity index (χ2n) is 3.46. The summed E-state index contributed by atoms with van der Waals surface area (Å²) < 4.78 is 25.2. The third kappa shape index (κ3) is 5.23. The molecular formula is C8H18N2O2S. The van der Waals surface area contributed by atoms with Gasteiger partial charge in [0.2, 0.25) is 10.0 Å². The van der Waals surface area contributed by atoms with Crippen LogP contribution >= 0.6 is 0 Å². The van der Waals surface area contributed by atoms with Gasteiger partial charge >= 0.3 is 0 Å². The van der Waals surface area contributed by atoms with Gasteiger partial charge in [0.15, 0.2) is 0 Å². The van der Waals surface area contributed by atoms with E-state index in [1.165, 1.54) is 0 Å². The molecule has 4 nitrogen and oxygen atoms in total. The summed E-state index contributed by atoms with van der Waals surface area (Å²) >= 11 is 0. The molecule has 0 aromatic carbocycles. The Bertz CT molecular complexity index is 235. The SMILES string of the molecule is CCCNCCS(=O)(=O)NC1CC1.